The molecule has 458 valence electrons. The minimum Gasteiger partial charge on any atom is -0.466 e. The number of carbonyl (C=O) groups is 2. The number of carbonyl (C=O) groups excluding carboxylic acids is 2. The Labute approximate surface area is 482 Å². The van der Waals surface area contributed by atoms with Gasteiger partial charge in [-0.2, -0.15) is 0 Å². The molecule has 0 aromatic carbocycles. The van der Waals surface area contributed by atoms with Gasteiger partial charge in [0.05, 0.1) is 25.4 Å². The predicted octanol–water partition coefficient (Wildman–Crippen LogP) is 22.8. The molecule has 0 aliphatic rings. The quantitative estimate of drug-likeness (QED) is 0.0320. The van der Waals surface area contributed by atoms with Crippen LogP contribution >= 0.6 is 0 Å². The first kappa shape index (κ1) is 75.6. The van der Waals surface area contributed by atoms with Gasteiger partial charge in [0.15, 0.2) is 0 Å². The second kappa shape index (κ2) is 67.1. The molecule has 0 aromatic rings. The average molecular weight is 1090 g/mol. The van der Waals surface area contributed by atoms with Gasteiger partial charge in [0, 0.05) is 12.8 Å². The fourth-order valence-corrected chi connectivity index (χ4v) is 11.4. The Balaban J connectivity index is 3.30. The average Bonchev–Trinajstić information content (AvgIpc) is 3.43. The highest BCUT2D eigenvalue weighted by atomic mass is 16.5. The SMILES string of the molecule is CCCCCCCCC/C=C\CCCCCCCCCC(=O)OCCCCCCCCCCCCCCCCCCCCCCCCCCCCCCCCC(=O)NC(CO)C(O)CCCCCCCCCCCCCC. The molecular weight excluding hydrogens is 947 g/mol. The van der Waals surface area contributed by atoms with E-state index < -0.39 is 12.1 Å². The zero-order chi connectivity index (χ0) is 55.7. The molecule has 0 saturated heterocycles. The van der Waals surface area contributed by atoms with E-state index in [9.17, 15) is 19.8 Å². The first-order chi connectivity index (χ1) is 38.0. The van der Waals surface area contributed by atoms with E-state index >= 15 is 0 Å². The normalized spacial score (nSPS) is 12.5. The van der Waals surface area contributed by atoms with E-state index in [0.29, 0.717) is 25.9 Å². The Morgan fingerprint density at radius 3 is 0.922 bits per heavy atom. The van der Waals surface area contributed by atoms with Crippen LogP contribution in [0.1, 0.15) is 406 Å². The van der Waals surface area contributed by atoms with Crippen LogP contribution in [0.5, 0.6) is 0 Å². The Morgan fingerprint density at radius 1 is 0.351 bits per heavy atom. The standard InChI is InChI=1S/C71H139NO5/c1-3-5-7-9-11-13-15-17-18-19-35-38-41-45-49-53-57-61-65-71(76)77-66-62-58-54-50-46-42-39-36-33-31-29-27-25-23-21-20-22-24-26-28-30-32-34-37-40-44-48-52-56-60-64-70(75)72-68(67-73)69(74)63-59-55-51-47-43-16-14-12-10-8-6-4-2/h18-19,68-69,73-74H,3-17,20-67H2,1-2H3,(H,72,75)/b19-18-. The molecule has 0 bridgehead atoms. The van der Waals surface area contributed by atoms with Gasteiger partial charge in [-0.25, -0.2) is 0 Å². The number of ether oxygens (including phenoxy) is 1. The van der Waals surface area contributed by atoms with Gasteiger partial charge in [-0.15, -0.1) is 0 Å². The highest BCUT2D eigenvalue weighted by molar-refractivity contribution is 5.76. The van der Waals surface area contributed by atoms with Gasteiger partial charge in [-0.1, -0.05) is 353 Å². The van der Waals surface area contributed by atoms with Crippen molar-refractivity contribution in [1.29, 1.82) is 0 Å². The molecule has 0 radical (unpaired) electrons. The van der Waals surface area contributed by atoms with E-state index in [-0.39, 0.29) is 18.5 Å². The lowest BCUT2D eigenvalue weighted by Crippen LogP contribution is -2.45. The molecule has 2 unspecified atom stereocenters. The lowest BCUT2D eigenvalue weighted by molar-refractivity contribution is -0.143. The molecule has 0 saturated carbocycles. The summed E-state index contributed by atoms with van der Waals surface area (Å²) in [6, 6.07) is -0.537. The van der Waals surface area contributed by atoms with Crippen LogP contribution in [0.4, 0.5) is 0 Å². The summed E-state index contributed by atoms with van der Waals surface area (Å²) in [6.45, 7) is 4.98. The Kier molecular flexibility index (Phi) is 65.9. The van der Waals surface area contributed by atoms with Gasteiger partial charge in [-0.3, -0.25) is 9.59 Å². The number of rotatable bonds is 67. The summed E-state index contributed by atoms with van der Waals surface area (Å²) in [5.41, 5.74) is 0. The molecule has 0 fully saturated rings. The number of esters is 1. The van der Waals surface area contributed by atoms with Crippen molar-refractivity contribution in [2.75, 3.05) is 13.2 Å². The molecule has 6 nitrogen and oxygen atoms in total. The van der Waals surface area contributed by atoms with Crippen molar-refractivity contribution in [2.24, 2.45) is 0 Å². The van der Waals surface area contributed by atoms with Crippen LogP contribution in [0.3, 0.4) is 0 Å². The summed E-state index contributed by atoms with van der Waals surface area (Å²) in [7, 11) is 0. The number of nitrogens with one attached hydrogen (secondary N) is 1. The van der Waals surface area contributed by atoms with Gasteiger partial charge in [0.1, 0.15) is 0 Å². The monoisotopic (exact) mass is 1090 g/mol. The second-order valence-electron chi connectivity index (χ2n) is 24.6. The zero-order valence-electron chi connectivity index (χ0n) is 52.5. The second-order valence-corrected chi connectivity index (χ2v) is 24.6. The van der Waals surface area contributed by atoms with Crippen molar-refractivity contribution in [3.05, 3.63) is 12.2 Å². The maximum atomic E-state index is 12.5. The third-order valence-electron chi connectivity index (χ3n) is 16.8. The summed E-state index contributed by atoms with van der Waals surface area (Å²) in [5.74, 6) is -0.0111. The fourth-order valence-electron chi connectivity index (χ4n) is 11.4. The van der Waals surface area contributed by atoms with Crippen LogP contribution in [0.2, 0.25) is 0 Å². The number of unbranched alkanes of at least 4 members (excludes halogenated alkanes) is 54. The number of hydrogen-bond donors (Lipinski definition) is 3. The van der Waals surface area contributed by atoms with E-state index in [1.165, 1.54) is 327 Å². The van der Waals surface area contributed by atoms with E-state index in [2.05, 4.69) is 31.3 Å². The van der Waals surface area contributed by atoms with Crippen molar-refractivity contribution in [3.63, 3.8) is 0 Å². The summed E-state index contributed by atoms with van der Waals surface area (Å²) in [4.78, 5) is 24.6. The van der Waals surface area contributed by atoms with Crippen molar-refractivity contribution in [3.8, 4) is 0 Å². The van der Waals surface area contributed by atoms with Crippen molar-refractivity contribution in [2.45, 2.75) is 418 Å². The number of amides is 1. The molecule has 0 aliphatic heterocycles. The first-order valence-corrected chi connectivity index (χ1v) is 35.4. The van der Waals surface area contributed by atoms with Gasteiger partial charge in [-0.05, 0) is 51.4 Å². The van der Waals surface area contributed by atoms with E-state index in [1.807, 2.05) is 0 Å². The van der Waals surface area contributed by atoms with Gasteiger partial charge in [0.2, 0.25) is 5.91 Å². The Morgan fingerprint density at radius 2 is 0.610 bits per heavy atom. The molecule has 0 heterocycles. The van der Waals surface area contributed by atoms with Crippen LogP contribution in [0.15, 0.2) is 12.2 Å². The third-order valence-corrected chi connectivity index (χ3v) is 16.8. The molecule has 77 heavy (non-hydrogen) atoms. The fraction of sp³-hybridized carbons (Fsp3) is 0.944. The molecular formula is C71H139NO5. The van der Waals surface area contributed by atoms with Gasteiger partial charge < -0.3 is 20.3 Å². The maximum absolute atomic E-state index is 12.5. The molecule has 0 aromatic heterocycles. The summed E-state index contributed by atoms with van der Waals surface area (Å²) >= 11 is 0. The Bertz CT molecular complexity index is 1160. The zero-order valence-corrected chi connectivity index (χ0v) is 52.5. The van der Waals surface area contributed by atoms with Crippen molar-refractivity contribution < 1.29 is 24.5 Å². The molecule has 2 atom stereocenters. The summed E-state index contributed by atoms with van der Waals surface area (Å²) in [5, 5.41) is 23.3. The minimum atomic E-state index is -0.660. The number of hydrogen-bond acceptors (Lipinski definition) is 5. The van der Waals surface area contributed by atoms with Crippen LogP contribution in [-0.4, -0.2) is 47.4 Å². The van der Waals surface area contributed by atoms with E-state index in [4.69, 9.17) is 4.74 Å². The van der Waals surface area contributed by atoms with Gasteiger partial charge in [0.25, 0.3) is 0 Å². The highest BCUT2D eigenvalue weighted by Crippen LogP contribution is 2.19. The van der Waals surface area contributed by atoms with E-state index in [1.54, 1.807) is 0 Å². The smallest absolute Gasteiger partial charge is 0.305 e. The molecule has 0 aliphatic carbocycles. The number of aliphatic hydroxyl groups is 2. The minimum absolute atomic E-state index is 0.0181. The molecule has 6 heteroatoms. The number of allylic oxidation sites excluding steroid dienone is 2. The van der Waals surface area contributed by atoms with Crippen LogP contribution in [-0.2, 0) is 14.3 Å². The predicted molar refractivity (Wildman–Crippen MR) is 338 cm³/mol. The third kappa shape index (κ3) is 63.6. The van der Waals surface area contributed by atoms with E-state index in [0.717, 1.165) is 44.9 Å². The topological polar surface area (TPSA) is 95.9 Å². The van der Waals surface area contributed by atoms with Crippen LogP contribution in [0.25, 0.3) is 0 Å². The molecule has 0 rings (SSSR count). The maximum Gasteiger partial charge on any atom is 0.305 e. The Hall–Kier alpha value is -1.40. The lowest BCUT2D eigenvalue weighted by Gasteiger charge is -2.22. The highest BCUT2D eigenvalue weighted by Gasteiger charge is 2.20. The van der Waals surface area contributed by atoms with Gasteiger partial charge >= 0.3 is 5.97 Å². The largest absolute Gasteiger partial charge is 0.466 e. The van der Waals surface area contributed by atoms with Crippen molar-refractivity contribution >= 4 is 11.9 Å². The lowest BCUT2D eigenvalue weighted by atomic mass is 10.0. The molecule has 0 spiro atoms. The van der Waals surface area contributed by atoms with Crippen molar-refractivity contribution in [1.82, 2.24) is 5.32 Å². The molecule has 1 amide bonds. The summed E-state index contributed by atoms with van der Waals surface area (Å²) < 4.78 is 5.51. The molecule has 3 N–H and O–H groups in total. The first-order valence-electron chi connectivity index (χ1n) is 35.4. The summed E-state index contributed by atoms with van der Waals surface area (Å²) in [6.07, 6.45) is 82.7. The van der Waals surface area contributed by atoms with Crippen LogP contribution < -0.4 is 5.32 Å². The number of aliphatic hydroxyl groups excluding tert-OH is 2. The van der Waals surface area contributed by atoms with Crippen LogP contribution in [0, 0.1) is 0 Å².